The van der Waals surface area contributed by atoms with Gasteiger partial charge in [-0.05, 0) is 35.9 Å². The molecule has 0 aliphatic rings. The van der Waals surface area contributed by atoms with Crippen LogP contribution in [0.1, 0.15) is 25.4 Å². The normalized spacial score (nSPS) is 10.7. The van der Waals surface area contributed by atoms with Crippen LogP contribution in [0, 0.1) is 3.57 Å². The largest absolute Gasteiger partial charge is 0.381 e. The van der Waals surface area contributed by atoms with Gasteiger partial charge in [0.25, 0.3) is 0 Å². The first-order chi connectivity index (χ1) is 7.19. The average molecular weight is 341 g/mol. The van der Waals surface area contributed by atoms with Crippen LogP contribution in [0.2, 0.25) is 5.15 Å². The highest BCUT2D eigenvalue weighted by molar-refractivity contribution is 14.1. The highest BCUT2D eigenvalue weighted by Crippen LogP contribution is 2.19. The van der Waals surface area contributed by atoms with Gasteiger partial charge >= 0.3 is 0 Å². The summed E-state index contributed by atoms with van der Waals surface area (Å²) < 4.78 is 6.21. The standard InChI is InChI=1S/C10H14ClIN2O/c1-3-7-9(12)10(11)14-8(13-7)5-6-15-4-2/h3-6H2,1-2H3. The molecule has 84 valence electrons. The zero-order chi connectivity index (χ0) is 11.3. The summed E-state index contributed by atoms with van der Waals surface area (Å²) in [7, 11) is 0. The molecular weight excluding hydrogens is 326 g/mol. The summed E-state index contributed by atoms with van der Waals surface area (Å²) in [5.74, 6) is 0.769. The second-order valence-corrected chi connectivity index (χ2v) is 4.43. The van der Waals surface area contributed by atoms with Crippen LogP contribution in [0.25, 0.3) is 0 Å². The van der Waals surface area contributed by atoms with Crippen LogP contribution in [-0.4, -0.2) is 23.2 Å². The van der Waals surface area contributed by atoms with Crippen LogP contribution in [0.5, 0.6) is 0 Å². The van der Waals surface area contributed by atoms with E-state index in [-0.39, 0.29) is 0 Å². The fourth-order valence-corrected chi connectivity index (χ4v) is 1.99. The predicted octanol–water partition coefficient (Wildman–Crippen LogP) is 2.88. The topological polar surface area (TPSA) is 35.0 Å². The van der Waals surface area contributed by atoms with E-state index < -0.39 is 0 Å². The number of rotatable bonds is 5. The first-order valence-corrected chi connectivity index (χ1v) is 6.43. The van der Waals surface area contributed by atoms with Gasteiger partial charge in [0.05, 0.1) is 15.9 Å². The minimum absolute atomic E-state index is 0.550. The molecule has 0 spiro atoms. The molecule has 0 saturated heterocycles. The molecule has 1 rings (SSSR count). The molecule has 1 heterocycles. The first kappa shape index (κ1) is 13.1. The molecule has 0 aliphatic heterocycles. The lowest BCUT2D eigenvalue weighted by Crippen LogP contribution is -2.06. The fourth-order valence-electron chi connectivity index (χ4n) is 1.17. The Morgan fingerprint density at radius 2 is 2.07 bits per heavy atom. The molecule has 1 aromatic rings. The van der Waals surface area contributed by atoms with Gasteiger partial charge in [0, 0.05) is 13.0 Å². The van der Waals surface area contributed by atoms with Crippen LogP contribution >= 0.6 is 34.2 Å². The van der Waals surface area contributed by atoms with E-state index in [1.165, 1.54) is 0 Å². The van der Waals surface area contributed by atoms with Crippen molar-refractivity contribution in [1.82, 2.24) is 9.97 Å². The van der Waals surface area contributed by atoms with Crippen molar-refractivity contribution in [1.29, 1.82) is 0 Å². The third-order valence-electron chi connectivity index (χ3n) is 1.93. The van der Waals surface area contributed by atoms with E-state index in [1.807, 2.05) is 6.92 Å². The van der Waals surface area contributed by atoms with Crippen molar-refractivity contribution in [2.45, 2.75) is 26.7 Å². The van der Waals surface area contributed by atoms with Crippen molar-refractivity contribution in [2.24, 2.45) is 0 Å². The zero-order valence-corrected chi connectivity index (χ0v) is 11.8. The van der Waals surface area contributed by atoms with Crippen molar-refractivity contribution in [3.63, 3.8) is 0 Å². The lowest BCUT2D eigenvalue weighted by Gasteiger charge is -2.06. The molecule has 0 radical (unpaired) electrons. The lowest BCUT2D eigenvalue weighted by molar-refractivity contribution is 0.149. The second-order valence-electron chi connectivity index (χ2n) is 2.99. The molecule has 0 saturated carbocycles. The Kier molecular flexibility index (Phi) is 5.78. The molecule has 0 N–H and O–H groups in total. The van der Waals surface area contributed by atoms with Gasteiger partial charge in [0.1, 0.15) is 11.0 Å². The summed E-state index contributed by atoms with van der Waals surface area (Å²) in [5.41, 5.74) is 1.02. The number of aromatic nitrogens is 2. The minimum atomic E-state index is 0.550. The summed E-state index contributed by atoms with van der Waals surface area (Å²) in [6.07, 6.45) is 1.60. The maximum Gasteiger partial charge on any atom is 0.146 e. The van der Waals surface area contributed by atoms with Crippen molar-refractivity contribution in [3.8, 4) is 0 Å². The quantitative estimate of drug-likeness (QED) is 0.470. The van der Waals surface area contributed by atoms with E-state index in [0.29, 0.717) is 11.8 Å². The third kappa shape index (κ3) is 3.85. The third-order valence-corrected chi connectivity index (χ3v) is 3.66. The van der Waals surface area contributed by atoms with Crippen molar-refractivity contribution < 1.29 is 4.74 Å². The number of hydrogen-bond acceptors (Lipinski definition) is 3. The van der Waals surface area contributed by atoms with E-state index in [1.54, 1.807) is 0 Å². The Bertz CT molecular complexity index is 333. The molecule has 5 heteroatoms. The number of hydrogen-bond donors (Lipinski definition) is 0. The molecule has 0 bridgehead atoms. The van der Waals surface area contributed by atoms with Crippen molar-refractivity contribution in [3.05, 3.63) is 20.2 Å². The highest BCUT2D eigenvalue weighted by Gasteiger charge is 2.08. The summed E-state index contributed by atoms with van der Waals surface area (Å²) >= 11 is 8.19. The van der Waals surface area contributed by atoms with Crippen LogP contribution in [0.3, 0.4) is 0 Å². The Balaban J connectivity index is 2.77. The summed E-state index contributed by atoms with van der Waals surface area (Å²) in [6.45, 7) is 5.40. The van der Waals surface area contributed by atoms with E-state index in [9.17, 15) is 0 Å². The van der Waals surface area contributed by atoms with Gasteiger partial charge in [0.2, 0.25) is 0 Å². The molecular formula is C10H14ClIN2O. The van der Waals surface area contributed by atoms with E-state index >= 15 is 0 Å². The van der Waals surface area contributed by atoms with Crippen LogP contribution < -0.4 is 0 Å². The van der Waals surface area contributed by atoms with Gasteiger partial charge in [-0.1, -0.05) is 18.5 Å². The number of halogens is 2. The lowest BCUT2D eigenvalue weighted by atomic mass is 10.3. The fraction of sp³-hybridized carbons (Fsp3) is 0.600. The molecule has 0 fully saturated rings. The molecule has 0 unspecified atom stereocenters. The molecule has 0 aliphatic carbocycles. The predicted molar refractivity (Wildman–Crippen MR) is 69.3 cm³/mol. The maximum atomic E-state index is 6.01. The molecule has 0 atom stereocenters. The zero-order valence-electron chi connectivity index (χ0n) is 8.89. The average Bonchev–Trinajstić information content (AvgIpc) is 2.23. The molecule has 0 amide bonds. The molecule has 15 heavy (non-hydrogen) atoms. The summed E-state index contributed by atoms with van der Waals surface area (Å²) in [4.78, 5) is 8.66. The molecule has 0 aromatic carbocycles. The SMILES string of the molecule is CCOCCc1nc(Cl)c(I)c(CC)n1. The van der Waals surface area contributed by atoms with Crippen LogP contribution in [0.15, 0.2) is 0 Å². The van der Waals surface area contributed by atoms with E-state index in [4.69, 9.17) is 16.3 Å². The van der Waals surface area contributed by atoms with Gasteiger partial charge in [-0.2, -0.15) is 0 Å². The van der Waals surface area contributed by atoms with Crippen molar-refractivity contribution >= 4 is 34.2 Å². The number of nitrogens with zero attached hydrogens (tertiary/aromatic N) is 2. The Labute approximate surface area is 109 Å². The minimum Gasteiger partial charge on any atom is -0.381 e. The van der Waals surface area contributed by atoms with E-state index in [0.717, 1.165) is 34.5 Å². The van der Waals surface area contributed by atoms with Gasteiger partial charge in [-0.15, -0.1) is 0 Å². The van der Waals surface area contributed by atoms with E-state index in [2.05, 4.69) is 39.5 Å². The van der Waals surface area contributed by atoms with Crippen molar-refractivity contribution in [2.75, 3.05) is 13.2 Å². The van der Waals surface area contributed by atoms with Crippen LogP contribution in [-0.2, 0) is 17.6 Å². The Hall–Kier alpha value is 0.0600. The number of ether oxygens (including phenoxy) is 1. The number of aryl methyl sites for hydroxylation is 1. The Morgan fingerprint density at radius 3 is 2.67 bits per heavy atom. The molecule has 1 aromatic heterocycles. The molecule has 3 nitrogen and oxygen atoms in total. The smallest absolute Gasteiger partial charge is 0.146 e. The maximum absolute atomic E-state index is 6.01. The second kappa shape index (κ2) is 6.60. The van der Waals surface area contributed by atoms with Gasteiger partial charge in [-0.3, -0.25) is 0 Å². The van der Waals surface area contributed by atoms with Crippen LogP contribution in [0.4, 0.5) is 0 Å². The first-order valence-electron chi connectivity index (χ1n) is 4.97. The monoisotopic (exact) mass is 340 g/mol. The van der Waals surface area contributed by atoms with Gasteiger partial charge in [0.15, 0.2) is 0 Å². The van der Waals surface area contributed by atoms with Gasteiger partial charge < -0.3 is 4.74 Å². The summed E-state index contributed by atoms with van der Waals surface area (Å²) in [5, 5.41) is 0.550. The van der Waals surface area contributed by atoms with Gasteiger partial charge in [-0.25, -0.2) is 9.97 Å². The Morgan fingerprint density at radius 1 is 1.33 bits per heavy atom. The highest BCUT2D eigenvalue weighted by atomic mass is 127. The summed E-state index contributed by atoms with van der Waals surface area (Å²) in [6, 6.07) is 0.